The summed E-state index contributed by atoms with van der Waals surface area (Å²) in [7, 11) is 0. The van der Waals surface area contributed by atoms with Gasteiger partial charge in [0.1, 0.15) is 23.8 Å². The standard InChI is InChI=1S/C21H28N4/c1-2-3-4-5-6-7-8-12-15-23-21-19(16-22)20(24-17-25-21)18-13-10-9-11-14-18/h9-11,13-14,17H,2-8,12,15H2,1H3,(H,23,24,25). The highest BCUT2D eigenvalue weighted by molar-refractivity contribution is 5.72. The largest absolute Gasteiger partial charge is 0.369 e. The average molecular weight is 336 g/mol. The number of aromatic nitrogens is 2. The maximum absolute atomic E-state index is 9.53. The quantitative estimate of drug-likeness (QED) is 0.545. The molecule has 0 amide bonds. The van der Waals surface area contributed by atoms with Crippen LogP contribution in [-0.4, -0.2) is 16.5 Å². The summed E-state index contributed by atoms with van der Waals surface area (Å²) >= 11 is 0. The number of nitrogens with one attached hydrogen (secondary N) is 1. The maximum atomic E-state index is 9.53. The molecule has 0 unspecified atom stereocenters. The number of rotatable bonds is 11. The highest BCUT2D eigenvalue weighted by Crippen LogP contribution is 2.24. The Kier molecular flexibility index (Phi) is 8.48. The molecule has 0 saturated carbocycles. The molecule has 4 nitrogen and oxygen atoms in total. The van der Waals surface area contributed by atoms with Crippen molar-refractivity contribution >= 4 is 5.82 Å². The molecule has 0 aliphatic carbocycles. The minimum absolute atomic E-state index is 0.522. The molecule has 0 aliphatic heterocycles. The van der Waals surface area contributed by atoms with E-state index in [-0.39, 0.29) is 0 Å². The molecule has 1 aromatic heterocycles. The number of hydrogen-bond donors (Lipinski definition) is 1. The molecule has 0 saturated heterocycles. The van der Waals surface area contributed by atoms with Crippen LogP contribution in [0.15, 0.2) is 36.7 Å². The Labute approximate surface area is 151 Å². The molecule has 1 heterocycles. The molecule has 0 radical (unpaired) electrons. The second-order valence-corrected chi connectivity index (χ2v) is 6.33. The van der Waals surface area contributed by atoms with Gasteiger partial charge in [-0.05, 0) is 6.42 Å². The van der Waals surface area contributed by atoms with Crippen LogP contribution in [-0.2, 0) is 0 Å². The number of nitrogens with zero attached hydrogens (tertiary/aromatic N) is 3. The molecule has 0 fully saturated rings. The number of nitriles is 1. The van der Waals surface area contributed by atoms with Gasteiger partial charge >= 0.3 is 0 Å². The van der Waals surface area contributed by atoms with Crippen LogP contribution in [0.25, 0.3) is 11.3 Å². The van der Waals surface area contributed by atoms with Gasteiger partial charge in [-0.2, -0.15) is 5.26 Å². The summed E-state index contributed by atoms with van der Waals surface area (Å²) in [5.41, 5.74) is 2.15. The fourth-order valence-electron chi connectivity index (χ4n) is 2.91. The van der Waals surface area contributed by atoms with E-state index in [1.54, 1.807) is 0 Å². The highest BCUT2D eigenvalue weighted by atomic mass is 15.0. The van der Waals surface area contributed by atoms with E-state index >= 15 is 0 Å². The van der Waals surface area contributed by atoms with Gasteiger partial charge in [0.2, 0.25) is 0 Å². The molecule has 25 heavy (non-hydrogen) atoms. The summed E-state index contributed by atoms with van der Waals surface area (Å²) < 4.78 is 0. The SMILES string of the molecule is CCCCCCCCCCNc1ncnc(-c2ccccc2)c1C#N. The Hall–Kier alpha value is -2.41. The number of anilines is 1. The molecule has 1 N–H and O–H groups in total. The van der Waals surface area contributed by atoms with Crippen molar-refractivity contribution in [3.8, 4) is 17.3 Å². The minimum atomic E-state index is 0.522. The molecule has 1 aromatic carbocycles. The van der Waals surface area contributed by atoms with Crippen LogP contribution < -0.4 is 5.32 Å². The van der Waals surface area contributed by atoms with E-state index in [4.69, 9.17) is 0 Å². The van der Waals surface area contributed by atoms with Crippen molar-refractivity contribution in [3.63, 3.8) is 0 Å². The van der Waals surface area contributed by atoms with E-state index in [0.717, 1.165) is 18.5 Å². The molecule has 132 valence electrons. The van der Waals surface area contributed by atoms with Gasteiger partial charge in [-0.25, -0.2) is 9.97 Å². The first-order valence-electron chi connectivity index (χ1n) is 9.41. The second kappa shape index (κ2) is 11.2. The second-order valence-electron chi connectivity index (χ2n) is 6.33. The lowest BCUT2D eigenvalue weighted by atomic mass is 10.1. The molecule has 2 aromatic rings. The van der Waals surface area contributed by atoms with Crippen molar-refractivity contribution in [2.24, 2.45) is 0 Å². The van der Waals surface area contributed by atoms with E-state index in [9.17, 15) is 5.26 Å². The fraction of sp³-hybridized carbons (Fsp3) is 0.476. The van der Waals surface area contributed by atoms with Crippen molar-refractivity contribution in [3.05, 3.63) is 42.2 Å². The maximum Gasteiger partial charge on any atom is 0.148 e. The average Bonchev–Trinajstić information content (AvgIpc) is 2.67. The number of hydrogen-bond acceptors (Lipinski definition) is 4. The predicted molar refractivity (Wildman–Crippen MR) is 103 cm³/mol. The molecule has 4 heteroatoms. The molecule has 0 bridgehead atoms. The first-order chi connectivity index (χ1) is 12.4. The van der Waals surface area contributed by atoms with Gasteiger partial charge < -0.3 is 5.32 Å². The summed E-state index contributed by atoms with van der Waals surface area (Å²) in [6.45, 7) is 3.09. The van der Waals surface area contributed by atoms with E-state index < -0.39 is 0 Å². The Balaban J connectivity index is 1.82. The summed E-state index contributed by atoms with van der Waals surface area (Å²) in [5.74, 6) is 0.638. The topological polar surface area (TPSA) is 61.6 Å². The van der Waals surface area contributed by atoms with Crippen LogP contribution >= 0.6 is 0 Å². The highest BCUT2D eigenvalue weighted by Gasteiger charge is 2.12. The molecule has 2 rings (SSSR count). The van der Waals surface area contributed by atoms with Crippen molar-refractivity contribution in [2.45, 2.75) is 58.3 Å². The Morgan fingerprint density at radius 2 is 1.60 bits per heavy atom. The Bertz CT molecular complexity index is 661. The van der Waals surface area contributed by atoms with E-state index in [1.807, 2.05) is 30.3 Å². The van der Waals surface area contributed by atoms with Gasteiger partial charge in [-0.1, -0.05) is 82.2 Å². The van der Waals surface area contributed by atoms with E-state index in [2.05, 4.69) is 28.3 Å². The van der Waals surface area contributed by atoms with Crippen molar-refractivity contribution in [1.29, 1.82) is 5.26 Å². The van der Waals surface area contributed by atoms with Gasteiger partial charge in [0, 0.05) is 12.1 Å². The van der Waals surface area contributed by atoms with Gasteiger partial charge in [0.15, 0.2) is 0 Å². The summed E-state index contributed by atoms with van der Waals surface area (Å²) in [4.78, 5) is 8.56. The van der Waals surface area contributed by atoms with E-state index in [0.29, 0.717) is 17.1 Å². The lowest BCUT2D eigenvalue weighted by molar-refractivity contribution is 0.581. The molecule has 0 spiro atoms. The minimum Gasteiger partial charge on any atom is -0.369 e. The zero-order valence-corrected chi connectivity index (χ0v) is 15.2. The number of benzene rings is 1. The zero-order valence-electron chi connectivity index (χ0n) is 15.2. The number of unbranched alkanes of at least 4 members (excludes halogenated alkanes) is 7. The zero-order chi connectivity index (χ0) is 17.7. The van der Waals surface area contributed by atoms with Crippen molar-refractivity contribution in [2.75, 3.05) is 11.9 Å². The van der Waals surface area contributed by atoms with Gasteiger partial charge in [-0.15, -0.1) is 0 Å². The lowest BCUT2D eigenvalue weighted by Crippen LogP contribution is -2.07. The predicted octanol–water partition coefficient (Wildman–Crippen LogP) is 5.57. The van der Waals surface area contributed by atoms with Gasteiger partial charge in [0.05, 0.1) is 5.69 Å². The van der Waals surface area contributed by atoms with Crippen LogP contribution in [0.4, 0.5) is 5.82 Å². The molecular weight excluding hydrogens is 308 g/mol. The molecule has 0 aliphatic rings. The normalized spacial score (nSPS) is 10.4. The van der Waals surface area contributed by atoms with Crippen LogP contribution in [0.3, 0.4) is 0 Å². The third-order valence-corrected chi connectivity index (χ3v) is 4.33. The molecular formula is C21H28N4. The fourth-order valence-corrected chi connectivity index (χ4v) is 2.91. The van der Waals surface area contributed by atoms with Gasteiger partial charge in [-0.3, -0.25) is 0 Å². The first-order valence-corrected chi connectivity index (χ1v) is 9.41. The van der Waals surface area contributed by atoms with Crippen molar-refractivity contribution < 1.29 is 0 Å². The first kappa shape index (κ1) is 18.9. The summed E-state index contributed by atoms with van der Waals surface area (Å²) in [6, 6.07) is 12.0. The van der Waals surface area contributed by atoms with Crippen LogP contribution in [0.2, 0.25) is 0 Å². The van der Waals surface area contributed by atoms with Crippen LogP contribution in [0.1, 0.15) is 63.9 Å². The monoisotopic (exact) mass is 336 g/mol. The Morgan fingerprint density at radius 3 is 2.28 bits per heavy atom. The Morgan fingerprint density at radius 1 is 0.920 bits per heavy atom. The summed E-state index contributed by atoms with van der Waals surface area (Å²) in [6.07, 6.45) is 11.8. The van der Waals surface area contributed by atoms with Crippen LogP contribution in [0, 0.1) is 11.3 Å². The van der Waals surface area contributed by atoms with Gasteiger partial charge in [0.25, 0.3) is 0 Å². The lowest BCUT2D eigenvalue weighted by Gasteiger charge is -2.10. The molecule has 0 atom stereocenters. The third kappa shape index (κ3) is 6.19. The van der Waals surface area contributed by atoms with E-state index in [1.165, 1.54) is 51.3 Å². The summed E-state index contributed by atoms with van der Waals surface area (Å²) in [5, 5.41) is 12.8. The third-order valence-electron chi connectivity index (χ3n) is 4.33. The van der Waals surface area contributed by atoms with Crippen LogP contribution in [0.5, 0.6) is 0 Å². The van der Waals surface area contributed by atoms with Crippen molar-refractivity contribution in [1.82, 2.24) is 9.97 Å². The smallest absolute Gasteiger partial charge is 0.148 e.